The molecule has 1 atom stereocenters. The van der Waals surface area contributed by atoms with Crippen LogP contribution >= 0.6 is 0 Å². The van der Waals surface area contributed by atoms with Crippen LogP contribution in [0.25, 0.3) is 0 Å². The first kappa shape index (κ1) is 11.0. The highest BCUT2D eigenvalue weighted by molar-refractivity contribution is 5.70. The number of rotatable bonds is 3. The lowest BCUT2D eigenvalue weighted by Crippen LogP contribution is -2.22. The number of carboxylic acid groups (broad SMARTS) is 1. The summed E-state index contributed by atoms with van der Waals surface area (Å²) in [6.45, 7) is 2.12. The van der Waals surface area contributed by atoms with E-state index in [9.17, 15) is 9.90 Å². The van der Waals surface area contributed by atoms with E-state index < -0.39 is 5.97 Å². The Kier molecular flexibility index (Phi) is 3.10. The molecule has 4 heteroatoms. The van der Waals surface area contributed by atoms with Crippen LogP contribution < -0.4 is 0 Å². The average molecular weight is 221 g/mol. The number of likely N-dealkylation sites (tertiary alicyclic amines) is 1. The fourth-order valence-electron chi connectivity index (χ4n) is 2.09. The van der Waals surface area contributed by atoms with E-state index in [0.717, 1.165) is 12.1 Å². The highest BCUT2D eigenvalue weighted by Crippen LogP contribution is 2.20. The molecule has 1 heterocycles. The van der Waals surface area contributed by atoms with Crippen LogP contribution in [0.3, 0.4) is 0 Å². The van der Waals surface area contributed by atoms with Crippen LogP contribution in [0.2, 0.25) is 0 Å². The van der Waals surface area contributed by atoms with Crippen LogP contribution in [-0.2, 0) is 11.3 Å². The van der Waals surface area contributed by atoms with Gasteiger partial charge in [-0.3, -0.25) is 9.69 Å². The summed E-state index contributed by atoms with van der Waals surface area (Å²) in [5.41, 5.74) is 1.02. The van der Waals surface area contributed by atoms with Crippen LogP contribution in [0.1, 0.15) is 12.0 Å². The molecule has 1 saturated heterocycles. The molecule has 0 spiro atoms. The van der Waals surface area contributed by atoms with Gasteiger partial charge in [0.05, 0.1) is 5.92 Å². The number of aromatic hydroxyl groups is 1. The highest BCUT2D eigenvalue weighted by Gasteiger charge is 2.27. The second kappa shape index (κ2) is 4.53. The highest BCUT2D eigenvalue weighted by atomic mass is 16.4. The smallest absolute Gasteiger partial charge is 0.307 e. The van der Waals surface area contributed by atoms with Crippen molar-refractivity contribution in [1.29, 1.82) is 0 Å². The van der Waals surface area contributed by atoms with E-state index in [2.05, 4.69) is 4.90 Å². The second-order valence-electron chi connectivity index (χ2n) is 4.23. The van der Waals surface area contributed by atoms with Crippen molar-refractivity contribution in [3.05, 3.63) is 29.8 Å². The van der Waals surface area contributed by atoms with Gasteiger partial charge in [-0.15, -0.1) is 0 Å². The molecule has 0 aromatic heterocycles. The monoisotopic (exact) mass is 221 g/mol. The molecule has 1 aromatic rings. The molecule has 1 aromatic carbocycles. The first-order valence-electron chi connectivity index (χ1n) is 5.38. The quantitative estimate of drug-likeness (QED) is 0.807. The Hall–Kier alpha value is -1.55. The van der Waals surface area contributed by atoms with Gasteiger partial charge in [-0.25, -0.2) is 0 Å². The van der Waals surface area contributed by atoms with Crippen LogP contribution in [0.15, 0.2) is 24.3 Å². The van der Waals surface area contributed by atoms with Gasteiger partial charge in [0.2, 0.25) is 0 Å². The van der Waals surface area contributed by atoms with Crippen molar-refractivity contribution in [2.75, 3.05) is 13.1 Å². The first-order chi connectivity index (χ1) is 7.65. The van der Waals surface area contributed by atoms with Crippen LogP contribution in [0.5, 0.6) is 5.75 Å². The van der Waals surface area contributed by atoms with Gasteiger partial charge in [0.1, 0.15) is 5.75 Å². The van der Waals surface area contributed by atoms with Crippen LogP contribution in [-0.4, -0.2) is 34.2 Å². The zero-order valence-corrected chi connectivity index (χ0v) is 8.97. The number of benzene rings is 1. The van der Waals surface area contributed by atoms with Crippen molar-refractivity contribution in [3.63, 3.8) is 0 Å². The lowest BCUT2D eigenvalue weighted by atomic mass is 10.1. The van der Waals surface area contributed by atoms with Gasteiger partial charge in [-0.1, -0.05) is 12.1 Å². The number of aliphatic carboxylic acids is 1. The molecule has 4 nitrogen and oxygen atoms in total. The SMILES string of the molecule is O=C(O)[C@@H]1CCN(Cc2cccc(O)c2)C1. The summed E-state index contributed by atoms with van der Waals surface area (Å²) in [7, 11) is 0. The van der Waals surface area contributed by atoms with Gasteiger partial charge in [0, 0.05) is 13.1 Å². The Morgan fingerprint density at radius 2 is 2.31 bits per heavy atom. The van der Waals surface area contributed by atoms with E-state index in [4.69, 9.17) is 5.11 Å². The van der Waals surface area contributed by atoms with Gasteiger partial charge in [-0.2, -0.15) is 0 Å². The molecule has 86 valence electrons. The van der Waals surface area contributed by atoms with Gasteiger partial charge in [-0.05, 0) is 30.7 Å². The number of carboxylic acids is 1. The molecule has 0 saturated carbocycles. The Bertz CT molecular complexity index is 392. The summed E-state index contributed by atoms with van der Waals surface area (Å²) >= 11 is 0. The molecular formula is C12H15NO3. The average Bonchev–Trinajstić information content (AvgIpc) is 2.66. The third kappa shape index (κ3) is 2.52. The molecule has 2 rings (SSSR count). The van der Waals surface area contributed by atoms with Crippen molar-refractivity contribution < 1.29 is 15.0 Å². The lowest BCUT2D eigenvalue weighted by molar-refractivity contribution is -0.141. The van der Waals surface area contributed by atoms with E-state index in [1.165, 1.54) is 0 Å². The molecule has 16 heavy (non-hydrogen) atoms. The van der Waals surface area contributed by atoms with Gasteiger partial charge in [0.25, 0.3) is 0 Å². The number of nitrogens with zero attached hydrogens (tertiary/aromatic N) is 1. The van der Waals surface area contributed by atoms with Crippen molar-refractivity contribution in [3.8, 4) is 5.75 Å². The molecule has 1 aliphatic heterocycles. The van der Waals surface area contributed by atoms with Gasteiger partial charge in [0.15, 0.2) is 0 Å². The fraction of sp³-hybridized carbons (Fsp3) is 0.417. The minimum Gasteiger partial charge on any atom is -0.508 e. The molecule has 1 fully saturated rings. The predicted molar refractivity (Wildman–Crippen MR) is 59.1 cm³/mol. The fourth-order valence-corrected chi connectivity index (χ4v) is 2.09. The molecule has 0 amide bonds. The Balaban J connectivity index is 1.94. The minimum atomic E-state index is -0.710. The van der Waals surface area contributed by atoms with E-state index in [-0.39, 0.29) is 11.7 Å². The number of hydrogen-bond donors (Lipinski definition) is 2. The lowest BCUT2D eigenvalue weighted by Gasteiger charge is -2.15. The predicted octanol–water partition coefficient (Wildman–Crippen LogP) is 1.30. The molecular weight excluding hydrogens is 206 g/mol. The summed E-state index contributed by atoms with van der Waals surface area (Å²) in [5.74, 6) is -0.692. The maximum Gasteiger partial charge on any atom is 0.307 e. The zero-order valence-electron chi connectivity index (χ0n) is 8.97. The van der Waals surface area contributed by atoms with Crippen molar-refractivity contribution in [1.82, 2.24) is 4.90 Å². The maximum atomic E-state index is 10.8. The molecule has 0 aliphatic carbocycles. The molecule has 2 N–H and O–H groups in total. The van der Waals surface area contributed by atoms with Crippen LogP contribution in [0.4, 0.5) is 0 Å². The third-order valence-corrected chi connectivity index (χ3v) is 2.94. The molecule has 0 radical (unpaired) electrons. The number of phenolic OH excluding ortho intramolecular Hbond substituents is 1. The summed E-state index contributed by atoms with van der Waals surface area (Å²) < 4.78 is 0. The summed E-state index contributed by atoms with van der Waals surface area (Å²) in [6.07, 6.45) is 0.716. The summed E-state index contributed by atoms with van der Waals surface area (Å²) in [6, 6.07) is 7.09. The summed E-state index contributed by atoms with van der Waals surface area (Å²) in [5, 5.41) is 18.2. The van der Waals surface area contributed by atoms with E-state index in [0.29, 0.717) is 19.5 Å². The second-order valence-corrected chi connectivity index (χ2v) is 4.23. The molecule has 0 unspecified atom stereocenters. The topological polar surface area (TPSA) is 60.8 Å². The van der Waals surface area contributed by atoms with Crippen LogP contribution in [0, 0.1) is 5.92 Å². The third-order valence-electron chi connectivity index (χ3n) is 2.94. The van der Waals surface area contributed by atoms with Crippen molar-refractivity contribution in [2.24, 2.45) is 5.92 Å². The van der Waals surface area contributed by atoms with Crippen molar-refractivity contribution >= 4 is 5.97 Å². The number of carbonyl (C=O) groups is 1. The maximum absolute atomic E-state index is 10.8. The first-order valence-corrected chi connectivity index (χ1v) is 5.38. The number of hydrogen-bond acceptors (Lipinski definition) is 3. The number of phenols is 1. The van der Waals surface area contributed by atoms with E-state index in [1.54, 1.807) is 18.2 Å². The van der Waals surface area contributed by atoms with Gasteiger partial charge >= 0.3 is 5.97 Å². The summed E-state index contributed by atoms with van der Waals surface area (Å²) in [4.78, 5) is 12.9. The van der Waals surface area contributed by atoms with Gasteiger partial charge < -0.3 is 10.2 Å². The zero-order chi connectivity index (χ0) is 11.5. The van der Waals surface area contributed by atoms with Crippen molar-refractivity contribution in [2.45, 2.75) is 13.0 Å². The van der Waals surface area contributed by atoms with E-state index in [1.807, 2.05) is 6.07 Å². The molecule has 0 bridgehead atoms. The Morgan fingerprint density at radius 3 is 2.94 bits per heavy atom. The largest absolute Gasteiger partial charge is 0.508 e. The standard InChI is InChI=1S/C12H15NO3/c14-11-3-1-2-9(6-11)7-13-5-4-10(8-13)12(15)16/h1-3,6,10,14H,4-5,7-8H2,(H,15,16)/t10-/m1/s1. The Morgan fingerprint density at radius 1 is 1.50 bits per heavy atom. The minimum absolute atomic E-state index is 0.239. The Labute approximate surface area is 94.1 Å². The van der Waals surface area contributed by atoms with E-state index >= 15 is 0 Å². The normalized spacial score (nSPS) is 21.1. The molecule has 1 aliphatic rings.